The summed E-state index contributed by atoms with van der Waals surface area (Å²) in [4.78, 5) is 13.6. The molecule has 0 aliphatic carbocycles. The van der Waals surface area contributed by atoms with E-state index in [1.165, 1.54) is 4.31 Å². The van der Waals surface area contributed by atoms with Crippen LogP contribution in [-0.4, -0.2) is 63.3 Å². The van der Waals surface area contributed by atoms with Crippen LogP contribution >= 0.6 is 12.4 Å². The largest absolute Gasteiger partial charge is 0.340 e. The molecule has 0 aromatic rings. The molecule has 0 bridgehead atoms. The molecule has 0 radical (unpaired) electrons. The first-order valence-corrected chi connectivity index (χ1v) is 7.08. The van der Waals surface area contributed by atoms with Crippen LogP contribution in [0.4, 0.5) is 0 Å². The lowest BCUT2D eigenvalue weighted by atomic mass is 10.1. The Kier molecular flexibility index (Phi) is 7.08. The molecule has 0 spiro atoms. The molecule has 1 rings (SSSR count). The molecule has 1 aliphatic heterocycles. The molecule has 1 unspecified atom stereocenters. The third-order valence-corrected chi connectivity index (χ3v) is 3.93. The van der Waals surface area contributed by atoms with E-state index in [1.807, 2.05) is 6.92 Å². The Balaban J connectivity index is 0.00000289. The van der Waals surface area contributed by atoms with Gasteiger partial charge in [0.1, 0.15) is 0 Å². The van der Waals surface area contributed by atoms with Crippen LogP contribution in [0.25, 0.3) is 0 Å². The first kappa shape index (κ1) is 17.6. The molecule has 9 heteroatoms. The quantitative estimate of drug-likeness (QED) is 0.668. The molecule has 7 nitrogen and oxygen atoms in total. The number of carbonyl (C=O) groups is 1. The number of rotatable bonds is 4. The van der Waals surface area contributed by atoms with Gasteiger partial charge in [-0.3, -0.25) is 4.79 Å². The van der Waals surface area contributed by atoms with Crippen LogP contribution in [-0.2, 0) is 15.0 Å². The lowest BCUT2D eigenvalue weighted by Crippen LogP contribution is -2.53. The van der Waals surface area contributed by atoms with E-state index in [-0.39, 0.29) is 37.3 Å². The van der Waals surface area contributed by atoms with Crippen LogP contribution in [0, 0.1) is 5.92 Å². The fraction of sp³-hybridized carbons (Fsp3) is 0.889. The number of hydrogen-bond acceptors (Lipinski definition) is 4. The van der Waals surface area contributed by atoms with Gasteiger partial charge < -0.3 is 10.2 Å². The molecule has 1 heterocycles. The van der Waals surface area contributed by atoms with E-state index in [1.54, 1.807) is 11.9 Å². The Morgan fingerprint density at radius 3 is 2.22 bits per heavy atom. The minimum Gasteiger partial charge on any atom is -0.340 e. The number of amides is 1. The van der Waals surface area contributed by atoms with Crippen LogP contribution in [0.1, 0.15) is 6.92 Å². The van der Waals surface area contributed by atoms with Gasteiger partial charge in [-0.25, -0.2) is 5.14 Å². The first-order chi connectivity index (χ1) is 7.86. The average Bonchev–Trinajstić information content (AvgIpc) is 2.27. The lowest BCUT2D eigenvalue weighted by Gasteiger charge is -2.34. The van der Waals surface area contributed by atoms with E-state index in [0.29, 0.717) is 19.6 Å². The molecular weight excluding hydrogens is 280 g/mol. The van der Waals surface area contributed by atoms with Crippen molar-refractivity contribution >= 4 is 28.5 Å². The number of nitrogens with zero attached hydrogens (tertiary/aromatic N) is 2. The Morgan fingerprint density at radius 2 is 1.83 bits per heavy atom. The van der Waals surface area contributed by atoms with Crippen LogP contribution in [0.2, 0.25) is 0 Å². The Morgan fingerprint density at radius 1 is 1.33 bits per heavy atom. The highest BCUT2D eigenvalue weighted by molar-refractivity contribution is 7.86. The van der Waals surface area contributed by atoms with Gasteiger partial charge in [0.15, 0.2) is 0 Å². The monoisotopic (exact) mass is 300 g/mol. The summed E-state index contributed by atoms with van der Waals surface area (Å²) in [6.45, 7) is 3.83. The summed E-state index contributed by atoms with van der Waals surface area (Å²) in [6, 6.07) is 0. The Bertz CT molecular complexity index is 368. The van der Waals surface area contributed by atoms with Crippen molar-refractivity contribution in [2.45, 2.75) is 6.92 Å². The standard InChI is InChI=1S/C9H20N4O3S.ClH/c1-8(7-11-2)9(14)12-3-5-13(6-4-12)17(10,15)16;/h8,11H,3-7H2,1-2H3,(H2,10,15,16);1H. The molecule has 0 saturated carbocycles. The highest BCUT2D eigenvalue weighted by atomic mass is 35.5. The van der Waals surface area contributed by atoms with Gasteiger partial charge in [-0.2, -0.15) is 12.7 Å². The van der Waals surface area contributed by atoms with Crippen molar-refractivity contribution < 1.29 is 13.2 Å². The van der Waals surface area contributed by atoms with E-state index in [9.17, 15) is 13.2 Å². The predicted molar refractivity (Wildman–Crippen MR) is 71.6 cm³/mol. The van der Waals surface area contributed by atoms with E-state index in [4.69, 9.17) is 5.14 Å². The summed E-state index contributed by atoms with van der Waals surface area (Å²) in [5.74, 6) is -0.0468. The summed E-state index contributed by atoms with van der Waals surface area (Å²) in [5, 5.41) is 7.97. The summed E-state index contributed by atoms with van der Waals surface area (Å²) in [7, 11) is -1.83. The molecule has 3 N–H and O–H groups in total. The minimum absolute atomic E-state index is 0. The highest BCUT2D eigenvalue weighted by Crippen LogP contribution is 2.08. The molecule has 1 aliphatic rings. The lowest BCUT2D eigenvalue weighted by molar-refractivity contribution is -0.136. The third-order valence-electron chi connectivity index (χ3n) is 2.84. The summed E-state index contributed by atoms with van der Waals surface area (Å²) >= 11 is 0. The van der Waals surface area contributed by atoms with Gasteiger partial charge in [0, 0.05) is 38.6 Å². The summed E-state index contributed by atoms with van der Waals surface area (Å²) < 4.78 is 23.4. The smallest absolute Gasteiger partial charge is 0.277 e. The molecule has 0 aromatic carbocycles. The van der Waals surface area contributed by atoms with Crippen LogP contribution in [0.5, 0.6) is 0 Å². The van der Waals surface area contributed by atoms with Crippen molar-refractivity contribution in [3.8, 4) is 0 Å². The zero-order valence-electron chi connectivity index (χ0n) is 10.6. The van der Waals surface area contributed by atoms with Crippen molar-refractivity contribution in [2.24, 2.45) is 11.1 Å². The summed E-state index contributed by atoms with van der Waals surface area (Å²) in [5.41, 5.74) is 0. The number of hydrogen-bond donors (Lipinski definition) is 2. The molecule has 18 heavy (non-hydrogen) atoms. The van der Waals surface area contributed by atoms with Crippen molar-refractivity contribution in [3.05, 3.63) is 0 Å². The molecule has 0 aromatic heterocycles. The van der Waals surface area contributed by atoms with Gasteiger partial charge in [-0.05, 0) is 7.05 Å². The maximum absolute atomic E-state index is 11.9. The van der Waals surface area contributed by atoms with Crippen molar-refractivity contribution in [2.75, 3.05) is 39.8 Å². The van der Waals surface area contributed by atoms with Crippen molar-refractivity contribution in [1.29, 1.82) is 0 Å². The van der Waals surface area contributed by atoms with Crippen molar-refractivity contribution in [3.63, 3.8) is 0 Å². The number of piperazine rings is 1. The number of nitrogens with two attached hydrogens (primary N) is 1. The Labute approximate surface area is 114 Å². The number of halogens is 1. The minimum atomic E-state index is -3.62. The van der Waals surface area contributed by atoms with E-state index < -0.39 is 10.2 Å². The molecule has 108 valence electrons. The van der Waals surface area contributed by atoms with E-state index in [2.05, 4.69) is 5.32 Å². The van der Waals surface area contributed by atoms with E-state index in [0.717, 1.165) is 0 Å². The van der Waals surface area contributed by atoms with Gasteiger partial charge in [-0.1, -0.05) is 6.92 Å². The van der Waals surface area contributed by atoms with Gasteiger partial charge in [0.2, 0.25) is 5.91 Å². The number of nitrogens with one attached hydrogen (secondary N) is 1. The highest BCUT2D eigenvalue weighted by Gasteiger charge is 2.28. The normalized spacial score (nSPS) is 19.2. The van der Waals surface area contributed by atoms with E-state index >= 15 is 0 Å². The van der Waals surface area contributed by atoms with Crippen LogP contribution in [0.3, 0.4) is 0 Å². The maximum atomic E-state index is 11.9. The average molecular weight is 301 g/mol. The van der Waals surface area contributed by atoms with Gasteiger partial charge in [0.25, 0.3) is 10.2 Å². The van der Waals surface area contributed by atoms with Gasteiger partial charge in [0.05, 0.1) is 0 Å². The SMILES string of the molecule is CNCC(C)C(=O)N1CCN(S(N)(=O)=O)CC1.Cl. The third kappa shape index (κ3) is 4.69. The first-order valence-electron chi connectivity index (χ1n) is 5.57. The topological polar surface area (TPSA) is 95.7 Å². The molecule has 1 fully saturated rings. The fourth-order valence-electron chi connectivity index (χ4n) is 1.87. The zero-order valence-corrected chi connectivity index (χ0v) is 12.3. The maximum Gasteiger partial charge on any atom is 0.277 e. The Hall–Kier alpha value is -0.410. The van der Waals surface area contributed by atoms with Gasteiger partial charge >= 0.3 is 0 Å². The second kappa shape index (κ2) is 7.25. The van der Waals surface area contributed by atoms with Crippen LogP contribution in [0.15, 0.2) is 0 Å². The van der Waals surface area contributed by atoms with Gasteiger partial charge in [-0.15, -0.1) is 12.4 Å². The summed E-state index contributed by atoms with van der Waals surface area (Å²) in [6.07, 6.45) is 0. The molecule has 1 amide bonds. The van der Waals surface area contributed by atoms with Crippen molar-refractivity contribution in [1.82, 2.24) is 14.5 Å². The number of carbonyl (C=O) groups excluding carboxylic acids is 1. The molecule has 1 saturated heterocycles. The molecule has 1 atom stereocenters. The second-order valence-corrected chi connectivity index (χ2v) is 5.77. The van der Waals surface area contributed by atoms with Crippen LogP contribution < -0.4 is 10.5 Å². The molecular formula is C9H21ClN4O3S. The second-order valence-electron chi connectivity index (χ2n) is 4.23. The fourth-order valence-corrected chi connectivity index (χ4v) is 2.54. The predicted octanol–water partition coefficient (Wildman–Crippen LogP) is -1.39. The zero-order chi connectivity index (χ0) is 13.1.